The van der Waals surface area contributed by atoms with Crippen molar-refractivity contribution < 1.29 is 0 Å². The minimum Gasteiger partial charge on any atom is -0.351 e. The first-order chi connectivity index (χ1) is 7.29. The number of aromatic nitrogens is 1. The molecule has 0 atom stereocenters. The summed E-state index contributed by atoms with van der Waals surface area (Å²) >= 11 is 0. The zero-order valence-electron chi connectivity index (χ0n) is 12.2. The molecule has 1 nitrogen and oxygen atoms in total. The molecule has 0 saturated carbocycles. The van der Waals surface area contributed by atoms with Gasteiger partial charge in [-0.3, -0.25) is 0 Å². The van der Waals surface area contributed by atoms with Crippen LogP contribution < -0.4 is 0 Å². The molecular weight excluding hydrogens is 194 g/mol. The van der Waals surface area contributed by atoms with E-state index < -0.39 is 0 Å². The lowest BCUT2D eigenvalue weighted by atomic mass is 9.89. The van der Waals surface area contributed by atoms with Gasteiger partial charge < -0.3 is 4.57 Å². The molecule has 0 radical (unpaired) electrons. The van der Waals surface area contributed by atoms with Crippen molar-refractivity contribution in [2.75, 3.05) is 0 Å². The topological polar surface area (TPSA) is 4.93 Å². The van der Waals surface area contributed by atoms with Gasteiger partial charge in [0.1, 0.15) is 0 Å². The van der Waals surface area contributed by atoms with E-state index in [0.29, 0.717) is 17.8 Å². The molecule has 0 aromatic carbocycles. The number of rotatable bonds is 3. The Hall–Kier alpha value is -0.720. The van der Waals surface area contributed by atoms with Crippen LogP contribution in [0.5, 0.6) is 0 Å². The molecule has 1 aromatic heterocycles. The smallest absolute Gasteiger partial charge is 0.0237 e. The van der Waals surface area contributed by atoms with E-state index in [4.69, 9.17) is 0 Å². The molecule has 0 aliphatic heterocycles. The molecule has 1 aromatic rings. The minimum atomic E-state index is 0.605. The van der Waals surface area contributed by atoms with Gasteiger partial charge in [-0.15, -0.1) is 0 Å². The summed E-state index contributed by atoms with van der Waals surface area (Å²) in [5.41, 5.74) is 6.13. The fourth-order valence-electron chi connectivity index (χ4n) is 2.91. The summed E-state index contributed by atoms with van der Waals surface area (Å²) in [4.78, 5) is 0. The predicted molar refractivity (Wildman–Crippen MR) is 72.4 cm³/mol. The Morgan fingerprint density at radius 1 is 0.750 bits per heavy atom. The van der Waals surface area contributed by atoms with Crippen LogP contribution in [0, 0.1) is 6.92 Å². The van der Waals surface area contributed by atoms with E-state index >= 15 is 0 Å². The fourth-order valence-corrected chi connectivity index (χ4v) is 2.91. The average molecular weight is 221 g/mol. The Balaban J connectivity index is 3.56. The van der Waals surface area contributed by atoms with E-state index in [1.165, 1.54) is 11.4 Å². The van der Waals surface area contributed by atoms with Crippen LogP contribution in [0.1, 0.15) is 81.8 Å². The Bertz CT molecular complexity index is 336. The van der Waals surface area contributed by atoms with E-state index in [2.05, 4.69) is 60.1 Å². The van der Waals surface area contributed by atoms with Gasteiger partial charge in [-0.2, -0.15) is 0 Å². The van der Waals surface area contributed by atoms with Crippen LogP contribution in [0.4, 0.5) is 0 Å². The minimum absolute atomic E-state index is 0.605. The van der Waals surface area contributed by atoms with Gasteiger partial charge in [-0.1, -0.05) is 41.5 Å². The van der Waals surface area contributed by atoms with Crippen LogP contribution >= 0.6 is 0 Å². The molecule has 1 heteroatoms. The van der Waals surface area contributed by atoms with E-state index in [9.17, 15) is 0 Å². The summed E-state index contributed by atoms with van der Waals surface area (Å²) < 4.78 is 2.40. The van der Waals surface area contributed by atoms with Crippen molar-refractivity contribution >= 4 is 0 Å². The Morgan fingerprint density at radius 2 is 1.19 bits per heavy atom. The van der Waals surface area contributed by atoms with E-state index in [-0.39, 0.29) is 0 Å². The zero-order valence-corrected chi connectivity index (χ0v) is 12.2. The molecule has 16 heavy (non-hydrogen) atoms. The molecule has 0 unspecified atom stereocenters. The van der Waals surface area contributed by atoms with Crippen LogP contribution in [0.15, 0.2) is 0 Å². The van der Waals surface area contributed by atoms with Gasteiger partial charge in [-0.25, -0.2) is 0 Å². The highest BCUT2D eigenvalue weighted by atomic mass is 15.0. The van der Waals surface area contributed by atoms with E-state index in [1.807, 2.05) is 0 Å². The normalized spacial score (nSPS) is 12.2. The van der Waals surface area contributed by atoms with E-state index in [0.717, 1.165) is 0 Å². The highest BCUT2D eigenvalue weighted by molar-refractivity contribution is 5.43. The maximum atomic E-state index is 2.40. The highest BCUT2D eigenvalue weighted by Crippen LogP contribution is 2.37. The molecule has 0 amide bonds. The molecule has 1 heterocycles. The molecular formula is C15H27N. The third kappa shape index (κ3) is 2.05. The predicted octanol–water partition coefficient (Wildman–Crippen LogP) is 4.70. The summed E-state index contributed by atoms with van der Waals surface area (Å²) in [5.74, 6) is 1.85. The lowest BCUT2D eigenvalue weighted by Crippen LogP contribution is -2.03. The van der Waals surface area contributed by atoms with Crippen molar-refractivity contribution in [1.82, 2.24) is 4.57 Å². The molecule has 0 N–H and O–H groups in total. The standard InChI is InChI=1S/C15H27N/c1-9(2)13-12(7)16(8)15(11(5)6)14(13)10(3)4/h9-11H,1-8H3. The lowest BCUT2D eigenvalue weighted by Gasteiger charge is -2.16. The van der Waals surface area contributed by atoms with Crippen molar-refractivity contribution in [3.05, 3.63) is 22.5 Å². The second-order valence-corrected chi connectivity index (χ2v) is 5.82. The SMILES string of the molecule is Cc1c(C(C)C)c(C(C)C)c(C(C)C)n1C. The van der Waals surface area contributed by atoms with Gasteiger partial charge in [0.15, 0.2) is 0 Å². The number of hydrogen-bond donors (Lipinski definition) is 0. The Labute approximate surface area is 101 Å². The Kier molecular flexibility index (Phi) is 3.88. The summed E-state index contributed by atoms with van der Waals surface area (Å²) in [6.45, 7) is 16.1. The largest absolute Gasteiger partial charge is 0.351 e. The van der Waals surface area contributed by atoms with Crippen molar-refractivity contribution in [3.8, 4) is 0 Å². The van der Waals surface area contributed by atoms with Crippen molar-refractivity contribution in [2.24, 2.45) is 7.05 Å². The number of nitrogens with zero attached hydrogens (tertiary/aromatic N) is 1. The highest BCUT2D eigenvalue weighted by Gasteiger charge is 2.23. The van der Waals surface area contributed by atoms with Gasteiger partial charge >= 0.3 is 0 Å². The molecule has 0 spiro atoms. The van der Waals surface area contributed by atoms with Gasteiger partial charge in [-0.05, 0) is 35.8 Å². The van der Waals surface area contributed by atoms with Crippen molar-refractivity contribution in [1.29, 1.82) is 0 Å². The lowest BCUT2D eigenvalue weighted by molar-refractivity contribution is 0.701. The van der Waals surface area contributed by atoms with E-state index in [1.54, 1.807) is 11.1 Å². The van der Waals surface area contributed by atoms with Gasteiger partial charge in [0.25, 0.3) is 0 Å². The molecule has 92 valence electrons. The van der Waals surface area contributed by atoms with Crippen LogP contribution in [0.2, 0.25) is 0 Å². The monoisotopic (exact) mass is 221 g/mol. The molecule has 0 aliphatic carbocycles. The van der Waals surface area contributed by atoms with Gasteiger partial charge in [0.05, 0.1) is 0 Å². The summed E-state index contributed by atoms with van der Waals surface area (Å²) in [7, 11) is 2.21. The maximum absolute atomic E-state index is 2.40. The van der Waals surface area contributed by atoms with Crippen LogP contribution in [-0.4, -0.2) is 4.57 Å². The van der Waals surface area contributed by atoms with Crippen LogP contribution in [0.25, 0.3) is 0 Å². The average Bonchev–Trinajstić information content (AvgIpc) is 2.39. The maximum Gasteiger partial charge on any atom is 0.0237 e. The van der Waals surface area contributed by atoms with Crippen LogP contribution in [0.3, 0.4) is 0 Å². The molecule has 0 saturated heterocycles. The fraction of sp³-hybridized carbons (Fsp3) is 0.733. The second-order valence-electron chi connectivity index (χ2n) is 5.82. The van der Waals surface area contributed by atoms with Gasteiger partial charge in [0, 0.05) is 18.4 Å². The molecule has 1 rings (SSSR count). The van der Waals surface area contributed by atoms with Crippen molar-refractivity contribution in [2.45, 2.75) is 66.2 Å². The molecule has 0 fully saturated rings. The third-order valence-corrected chi connectivity index (χ3v) is 3.52. The number of hydrogen-bond acceptors (Lipinski definition) is 0. The van der Waals surface area contributed by atoms with Crippen molar-refractivity contribution in [3.63, 3.8) is 0 Å². The molecule has 0 bridgehead atoms. The summed E-state index contributed by atoms with van der Waals surface area (Å²) in [5, 5.41) is 0. The first kappa shape index (κ1) is 13.3. The summed E-state index contributed by atoms with van der Waals surface area (Å²) in [6, 6.07) is 0. The third-order valence-electron chi connectivity index (χ3n) is 3.52. The van der Waals surface area contributed by atoms with Gasteiger partial charge in [0.2, 0.25) is 0 Å². The second kappa shape index (κ2) is 4.65. The first-order valence-electron chi connectivity index (χ1n) is 6.47. The first-order valence-corrected chi connectivity index (χ1v) is 6.47. The van der Waals surface area contributed by atoms with Crippen LogP contribution in [-0.2, 0) is 7.05 Å². The Morgan fingerprint density at radius 3 is 1.50 bits per heavy atom. The zero-order chi connectivity index (χ0) is 12.6. The summed E-state index contributed by atoms with van der Waals surface area (Å²) in [6.07, 6.45) is 0. The quantitative estimate of drug-likeness (QED) is 0.697. The molecule has 0 aliphatic rings.